The molecule has 8 aromatic rings. The molecular weight excluding hydrogens is 601 g/mol. The molecule has 4 heteroatoms. The molecule has 2 aliphatic rings. The van der Waals surface area contributed by atoms with Crippen molar-refractivity contribution in [2.75, 3.05) is 0 Å². The molecule has 0 saturated heterocycles. The number of aromatic nitrogens is 1. The van der Waals surface area contributed by atoms with Crippen LogP contribution in [-0.2, 0) is 6.42 Å². The van der Waals surface area contributed by atoms with Gasteiger partial charge in [0.2, 0.25) is 0 Å². The molecule has 3 aromatic heterocycles. The monoisotopic (exact) mass is 632 g/mol. The topological polar surface area (TPSA) is 55.0 Å². The van der Waals surface area contributed by atoms with Crippen LogP contribution in [0, 0.1) is 22.7 Å². The average Bonchev–Trinajstić information content (AvgIpc) is 3.80. The molecule has 49 heavy (non-hydrogen) atoms. The van der Waals surface area contributed by atoms with E-state index in [0.29, 0.717) is 0 Å². The van der Waals surface area contributed by atoms with Gasteiger partial charge in [-0.05, 0) is 77.6 Å². The quantitative estimate of drug-likeness (QED) is 0.195. The highest BCUT2D eigenvalue weighted by Gasteiger charge is 2.42. The Morgan fingerprint density at radius 2 is 1.45 bits per heavy atom. The van der Waals surface area contributed by atoms with Crippen LogP contribution < -0.4 is 0 Å². The minimum Gasteiger partial charge on any atom is -0.460 e. The van der Waals surface area contributed by atoms with Gasteiger partial charge in [0.25, 0.3) is 0 Å². The van der Waals surface area contributed by atoms with Crippen molar-refractivity contribution in [3.05, 3.63) is 150 Å². The third kappa shape index (κ3) is 3.96. The van der Waals surface area contributed by atoms with Crippen LogP contribution in [0.25, 0.3) is 71.9 Å². The SMILES string of the molecule is C[C@@H]1Cc2oc3ccc4c5cc(-c6ccccc6)ccc5oc4c3c2C=C1C1=CC=CC(C)(C#N)C1n1c2ccccc2c2ccccc21. The van der Waals surface area contributed by atoms with E-state index in [1.807, 2.05) is 6.07 Å². The summed E-state index contributed by atoms with van der Waals surface area (Å²) in [5, 5.41) is 16.4. The van der Waals surface area contributed by atoms with Gasteiger partial charge in [-0.2, -0.15) is 5.26 Å². The lowest BCUT2D eigenvalue weighted by atomic mass is 9.70. The molecule has 10 rings (SSSR count). The highest BCUT2D eigenvalue weighted by atomic mass is 16.3. The van der Waals surface area contributed by atoms with Gasteiger partial charge in [-0.1, -0.05) is 97.9 Å². The second kappa shape index (κ2) is 10.2. The number of allylic oxidation sites excluding steroid dienone is 5. The molecule has 0 spiro atoms. The van der Waals surface area contributed by atoms with Gasteiger partial charge in [0.15, 0.2) is 0 Å². The van der Waals surface area contributed by atoms with Crippen LogP contribution in [0.2, 0.25) is 0 Å². The highest BCUT2D eigenvalue weighted by Crippen LogP contribution is 2.51. The zero-order valence-corrected chi connectivity index (χ0v) is 27.3. The smallest absolute Gasteiger partial charge is 0.147 e. The largest absolute Gasteiger partial charge is 0.460 e. The Hall–Kier alpha value is -6.05. The van der Waals surface area contributed by atoms with E-state index in [2.05, 4.69) is 152 Å². The van der Waals surface area contributed by atoms with Crippen LogP contribution in [0.15, 0.2) is 147 Å². The van der Waals surface area contributed by atoms with Crippen molar-refractivity contribution in [2.45, 2.75) is 26.3 Å². The van der Waals surface area contributed by atoms with Crippen LogP contribution in [-0.4, -0.2) is 4.57 Å². The fourth-order valence-electron chi connectivity index (χ4n) is 8.51. The number of hydrogen-bond donors (Lipinski definition) is 0. The summed E-state index contributed by atoms with van der Waals surface area (Å²) in [4.78, 5) is 0. The third-order valence-corrected chi connectivity index (χ3v) is 10.9. The van der Waals surface area contributed by atoms with Crippen molar-refractivity contribution in [1.82, 2.24) is 4.57 Å². The van der Waals surface area contributed by atoms with E-state index >= 15 is 0 Å². The summed E-state index contributed by atoms with van der Waals surface area (Å²) in [7, 11) is 0. The number of para-hydroxylation sites is 2. The Morgan fingerprint density at radius 3 is 2.20 bits per heavy atom. The molecule has 0 aliphatic heterocycles. The van der Waals surface area contributed by atoms with E-state index in [0.717, 1.165) is 72.8 Å². The maximum Gasteiger partial charge on any atom is 0.147 e. The maximum atomic E-state index is 10.8. The predicted octanol–water partition coefficient (Wildman–Crippen LogP) is 12.0. The van der Waals surface area contributed by atoms with E-state index in [-0.39, 0.29) is 12.0 Å². The van der Waals surface area contributed by atoms with Gasteiger partial charge >= 0.3 is 0 Å². The van der Waals surface area contributed by atoms with Crippen LogP contribution in [0.3, 0.4) is 0 Å². The lowest BCUT2D eigenvalue weighted by Crippen LogP contribution is -2.32. The molecule has 5 aromatic carbocycles. The minimum atomic E-state index is -0.767. The molecule has 234 valence electrons. The predicted molar refractivity (Wildman–Crippen MR) is 199 cm³/mol. The number of hydrogen-bond acceptors (Lipinski definition) is 3. The Morgan fingerprint density at radius 1 is 0.735 bits per heavy atom. The van der Waals surface area contributed by atoms with Crippen molar-refractivity contribution < 1.29 is 8.83 Å². The minimum absolute atomic E-state index is 0.184. The van der Waals surface area contributed by atoms with Crippen LogP contribution >= 0.6 is 0 Å². The van der Waals surface area contributed by atoms with Gasteiger partial charge in [0.1, 0.15) is 22.5 Å². The Bertz CT molecular complexity index is 2740. The van der Waals surface area contributed by atoms with Gasteiger partial charge in [-0.3, -0.25) is 0 Å². The number of nitriles is 1. The van der Waals surface area contributed by atoms with Crippen molar-refractivity contribution in [1.29, 1.82) is 5.26 Å². The summed E-state index contributed by atoms with van der Waals surface area (Å²) in [6.45, 7) is 4.34. The number of nitrogens with zero attached hydrogens (tertiary/aromatic N) is 2. The molecule has 4 nitrogen and oxygen atoms in total. The molecule has 0 N–H and O–H groups in total. The van der Waals surface area contributed by atoms with Gasteiger partial charge in [-0.15, -0.1) is 0 Å². The average molecular weight is 633 g/mol. The molecule has 2 unspecified atom stereocenters. The van der Waals surface area contributed by atoms with Crippen LogP contribution in [0.4, 0.5) is 0 Å². The number of benzene rings is 5. The summed E-state index contributed by atoms with van der Waals surface area (Å²) in [6.07, 6.45) is 9.45. The molecule has 2 aliphatic carbocycles. The molecule has 0 bridgehead atoms. The van der Waals surface area contributed by atoms with E-state index in [1.165, 1.54) is 21.9 Å². The lowest BCUT2D eigenvalue weighted by Gasteiger charge is -2.38. The van der Waals surface area contributed by atoms with Crippen LogP contribution in [0.5, 0.6) is 0 Å². The van der Waals surface area contributed by atoms with Crippen molar-refractivity contribution >= 4 is 60.8 Å². The Labute approximate surface area is 283 Å². The molecule has 3 heterocycles. The molecule has 0 saturated carbocycles. The number of furan rings is 2. The van der Waals surface area contributed by atoms with Crippen LogP contribution in [0.1, 0.15) is 31.2 Å². The maximum absolute atomic E-state index is 10.8. The Kier molecular flexibility index (Phi) is 5.84. The fourth-order valence-corrected chi connectivity index (χ4v) is 8.51. The van der Waals surface area contributed by atoms with Gasteiger partial charge in [0, 0.05) is 44.6 Å². The van der Waals surface area contributed by atoms with E-state index < -0.39 is 5.41 Å². The first-order valence-corrected chi connectivity index (χ1v) is 17.0. The number of rotatable bonds is 3. The summed E-state index contributed by atoms with van der Waals surface area (Å²) in [6, 6.07) is 40.7. The third-order valence-electron chi connectivity index (χ3n) is 10.9. The lowest BCUT2D eigenvalue weighted by molar-refractivity contribution is 0.385. The van der Waals surface area contributed by atoms with Gasteiger partial charge in [0.05, 0.1) is 22.9 Å². The standard InChI is InChI=1S/C45H32N2O2/c1-27-23-41-36(42-40(48-41)21-19-32-35-24-29(28-11-4-3-5-12-28)18-20-39(35)49-43(32)42)25-34(27)33-15-10-22-45(2,26-46)44(33)47-37-16-8-6-13-30(37)31-14-7-9-17-38(31)47/h3-22,24-25,27,44H,23H2,1-2H3/t27-,44?,45?/m1/s1. The van der Waals surface area contributed by atoms with E-state index in [4.69, 9.17) is 8.83 Å². The van der Waals surface area contributed by atoms with Gasteiger partial charge in [-0.25, -0.2) is 0 Å². The van der Waals surface area contributed by atoms with E-state index in [9.17, 15) is 5.26 Å². The highest BCUT2D eigenvalue weighted by molar-refractivity contribution is 6.17. The van der Waals surface area contributed by atoms with Crippen molar-refractivity contribution in [2.24, 2.45) is 11.3 Å². The first-order chi connectivity index (χ1) is 24.0. The fraction of sp³-hybridized carbons (Fsp3) is 0.133. The molecule has 0 fully saturated rings. The Balaban J connectivity index is 1.19. The van der Waals surface area contributed by atoms with E-state index in [1.54, 1.807) is 0 Å². The summed E-state index contributed by atoms with van der Waals surface area (Å²) < 4.78 is 15.6. The van der Waals surface area contributed by atoms with Gasteiger partial charge < -0.3 is 13.4 Å². The zero-order valence-electron chi connectivity index (χ0n) is 27.3. The number of fused-ring (bicyclic) bond motifs is 10. The molecule has 0 amide bonds. The van der Waals surface area contributed by atoms with Crippen molar-refractivity contribution in [3.8, 4) is 17.2 Å². The summed E-state index contributed by atoms with van der Waals surface area (Å²) in [5.41, 5.74) is 9.86. The molecule has 0 radical (unpaired) electrons. The summed E-state index contributed by atoms with van der Waals surface area (Å²) >= 11 is 0. The second-order valence-electron chi connectivity index (χ2n) is 13.8. The first kappa shape index (κ1) is 28.0. The first-order valence-electron chi connectivity index (χ1n) is 17.0. The molecule has 3 atom stereocenters. The second-order valence-corrected chi connectivity index (χ2v) is 13.8. The summed E-state index contributed by atoms with van der Waals surface area (Å²) in [5.74, 6) is 1.16. The molecular formula is C45H32N2O2. The zero-order chi connectivity index (χ0) is 32.9. The normalized spacial score (nSPS) is 20.6. The van der Waals surface area contributed by atoms with Crippen molar-refractivity contribution in [3.63, 3.8) is 0 Å².